The van der Waals surface area contributed by atoms with Gasteiger partial charge in [0.1, 0.15) is 5.60 Å². The molecule has 3 nitrogen and oxygen atoms in total. The number of carbonyl (C=O) groups excluding carboxylic acids is 1. The van der Waals surface area contributed by atoms with Gasteiger partial charge in [0.05, 0.1) is 0 Å². The summed E-state index contributed by atoms with van der Waals surface area (Å²) in [7, 11) is 1.71. The van der Waals surface area contributed by atoms with Crippen molar-refractivity contribution in [3.8, 4) is 0 Å². The second-order valence-corrected chi connectivity index (χ2v) is 4.87. The number of anilines is 1. The molecule has 0 heterocycles. The number of nitrogens with zero attached hydrogens (tertiary/aromatic N) is 1. The third-order valence-corrected chi connectivity index (χ3v) is 2.09. The number of aryl methyl sites for hydroxylation is 1. The van der Waals surface area contributed by atoms with Gasteiger partial charge in [-0.2, -0.15) is 0 Å². The standard InChI is InChI=1S/C13H19NO2.C2H6/c1-10-6-8-11(9-7-10)14(5)12(15)16-13(2,3)4;1-2/h6-9H,1-5H3;1-2H3. The first-order valence-electron chi connectivity index (χ1n) is 6.33. The van der Waals surface area contributed by atoms with Crippen LogP contribution in [0, 0.1) is 6.92 Å². The van der Waals surface area contributed by atoms with Gasteiger partial charge in [-0.3, -0.25) is 4.90 Å². The van der Waals surface area contributed by atoms with Gasteiger partial charge in [0.25, 0.3) is 0 Å². The van der Waals surface area contributed by atoms with Crippen LogP contribution in [0.1, 0.15) is 40.2 Å². The Morgan fingerprint density at radius 1 is 1.11 bits per heavy atom. The van der Waals surface area contributed by atoms with Crippen LogP contribution in [0.2, 0.25) is 0 Å². The van der Waals surface area contributed by atoms with Crippen molar-refractivity contribution in [2.45, 2.75) is 47.1 Å². The second-order valence-electron chi connectivity index (χ2n) is 4.87. The molecule has 0 spiro atoms. The molecule has 1 rings (SSSR count). The summed E-state index contributed by atoms with van der Waals surface area (Å²) < 4.78 is 5.27. The summed E-state index contributed by atoms with van der Waals surface area (Å²) in [6, 6.07) is 7.74. The fraction of sp³-hybridized carbons (Fsp3) is 0.533. The lowest BCUT2D eigenvalue weighted by Gasteiger charge is -2.24. The molecule has 0 aliphatic rings. The van der Waals surface area contributed by atoms with E-state index in [1.54, 1.807) is 7.05 Å². The van der Waals surface area contributed by atoms with E-state index in [0.29, 0.717) is 0 Å². The van der Waals surface area contributed by atoms with Crippen LogP contribution in [0.3, 0.4) is 0 Å². The zero-order valence-corrected chi connectivity index (χ0v) is 12.6. The van der Waals surface area contributed by atoms with Gasteiger partial charge in [-0.05, 0) is 39.8 Å². The average molecular weight is 251 g/mol. The number of hydrogen-bond donors (Lipinski definition) is 0. The van der Waals surface area contributed by atoms with Gasteiger partial charge in [-0.25, -0.2) is 4.79 Å². The second kappa shape index (κ2) is 7.04. The Balaban J connectivity index is 0.00000137. The van der Waals surface area contributed by atoms with Gasteiger partial charge >= 0.3 is 6.09 Å². The third kappa shape index (κ3) is 5.71. The number of benzene rings is 1. The van der Waals surface area contributed by atoms with Gasteiger partial charge in [0.2, 0.25) is 0 Å². The van der Waals surface area contributed by atoms with E-state index in [4.69, 9.17) is 4.74 Å². The Morgan fingerprint density at radius 3 is 1.94 bits per heavy atom. The van der Waals surface area contributed by atoms with E-state index in [1.165, 1.54) is 10.5 Å². The SMILES string of the molecule is CC.Cc1ccc(N(C)C(=O)OC(C)(C)C)cc1. The maximum atomic E-state index is 11.7. The Hall–Kier alpha value is -1.51. The topological polar surface area (TPSA) is 29.5 Å². The molecule has 0 unspecified atom stereocenters. The number of ether oxygens (including phenoxy) is 1. The van der Waals surface area contributed by atoms with Gasteiger partial charge in [0, 0.05) is 12.7 Å². The summed E-state index contributed by atoms with van der Waals surface area (Å²) in [5, 5.41) is 0. The van der Waals surface area contributed by atoms with Gasteiger partial charge < -0.3 is 4.74 Å². The molecule has 0 atom stereocenters. The summed E-state index contributed by atoms with van der Waals surface area (Å²) in [5.74, 6) is 0. The van der Waals surface area contributed by atoms with Crippen LogP contribution in [0.5, 0.6) is 0 Å². The van der Waals surface area contributed by atoms with E-state index in [1.807, 2.05) is 65.8 Å². The molecular formula is C15H25NO2. The highest BCUT2D eigenvalue weighted by molar-refractivity contribution is 5.87. The smallest absolute Gasteiger partial charge is 0.414 e. The van der Waals surface area contributed by atoms with Crippen molar-refractivity contribution in [1.82, 2.24) is 0 Å². The first kappa shape index (κ1) is 16.5. The predicted octanol–water partition coefficient (Wildman–Crippen LogP) is 4.39. The zero-order chi connectivity index (χ0) is 14.3. The first-order chi connectivity index (χ1) is 8.29. The van der Waals surface area contributed by atoms with Crippen molar-refractivity contribution in [2.24, 2.45) is 0 Å². The van der Waals surface area contributed by atoms with E-state index in [2.05, 4.69) is 0 Å². The summed E-state index contributed by atoms with van der Waals surface area (Å²) in [5.41, 5.74) is 1.54. The molecule has 0 aliphatic carbocycles. The lowest BCUT2D eigenvalue weighted by molar-refractivity contribution is 0.0589. The summed E-state index contributed by atoms with van der Waals surface area (Å²) in [6.45, 7) is 11.6. The van der Waals surface area contributed by atoms with Crippen LogP contribution in [-0.4, -0.2) is 18.7 Å². The quantitative estimate of drug-likeness (QED) is 0.740. The monoisotopic (exact) mass is 251 g/mol. The molecule has 3 heteroatoms. The Morgan fingerprint density at radius 2 is 1.56 bits per heavy atom. The fourth-order valence-corrected chi connectivity index (χ4v) is 1.20. The Kier molecular flexibility index (Phi) is 6.45. The molecule has 1 aromatic rings. The molecule has 18 heavy (non-hydrogen) atoms. The van der Waals surface area contributed by atoms with E-state index < -0.39 is 5.60 Å². The van der Waals surface area contributed by atoms with Gasteiger partial charge in [0.15, 0.2) is 0 Å². The molecule has 102 valence electrons. The summed E-state index contributed by atoms with van der Waals surface area (Å²) in [4.78, 5) is 13.3. The van der Waals surface area contributed by atoms with Gasteiger partial charge in [-0.15, -0.1) is 0 Å². The maximum absolute atomic E-state index is 11.7. The summed E-state index contributed by atoms with van der Waals surface area (Å²) >= 11 is 0. The van der Waals surface area contributed by atoms with E-state index in [-0.39, 0.29) is 6.09 Å². The molecule has 0 aliphatic heterocycles. The largest absolute Gasteiger partial charge is 0.443 e. The Labute approximate surface area is 111 Å². The van der Waals surface area contributed by atoms with Crippen LogP contribution in [0.15, 0.2) is 24.3 Å². The van der Waals surface area contributed by atoms with Crippen molar-refractivity contribution in [1.29, 1.82) is 0 Å². The lowest BCUT2D eigenvalue weighted by Crippen LogP contribution is -2.34. The molecule has 0 saturated heterocycles. The number of carbonyl (C=O) groups is 1. The molecular weight excluding hydrogens is 226 g/mol. The number of rotatable bonds is 1. The number of hydrogen-bond acceptors (Lipinski definition) is 2. The molecule has 1 amide bonds. The van der Waals surface area contributed by atoms with Crippen LogP contribution in [-0.2, 0) is 4.74 Å². The lowest BCUT2D eigenvalue weighted by atomic mass is 10.2. The minimum absolute atomic E-state index is 0.337. The minimum Gasteiger partial charge on any atom is -0.443 e. The molecule has 0 N–H and O–H groups in total. The van der Waals surface area contributed by atoms with E-state index >= 15 is 0 Å². The first-order valence-corrected chi connectivity index (χ1v) is 6.33. The molecule has 0 radical (unpaired) electrons. The van der Waals surface area contributed by atoms with Crippen LogP contribution in [0.4, 0.5) is 10.5 Å². The molecule has 0 bridgehead atoms. The summed E-state index contributed by atoms with van der Waals surface area (Å²) in [6.07, 6.45) is -0.337. The van der Waals surface area contributed by atoms with Gasteiger partial charge in [-0.1, -0.05) is 31.5 Å². The predicted molar refractivity (Wildman–Crippen MR) is 77.2 cm³/mol. The minimum atomic E-state index is -0.462. The molecule has 0 fully saturated rings. The maximum Gasteiger partial charge on any atom is 0.414 e. The van der Waals surface area contributed by atoms with Crippen molar-refractivity contribution >= 4 is 11.8 Å². The number of amides is 1. The van der Waals surface area contributed by atoms with Crippen molar-refractivity contribution in [2.75, 3.05) is 11.9 Å². The zero-order valence-electron chi connectivity index (χ0n) is 12.6. The van der Waals surface area contributed by atoms with E-state index in [0.717, 1.165) is 5.69 Å². The van der Waals surface area contributed by atoms with Crippen molar-refractivity contribution in [3.63, 3.8) is 0 Å². The normalized spacial score (nSPS) is 10.2. The molecule has 1 aromatic carbocycles. The molecule has 0 saturated carbocycles. The highest BCUT2D eigenvalue weighted by Gasteiger charge is 2.20. The van der Waals surface area contributed by atoms with Crippen LogP contribution >= 0.6 is 0 Å². The fourth-order valence-electron chi connectivity index (χ4n) is 1.20. The van der Waals surface area contributed by atoms with Crippen LogP contribution < -0.4 is 4.90 Å². The average Bonchev–Trinajstić information content (AvgIpc) is 2.29. The van der Waals surface area contributed by atoms with Crippen molar-refractivity contribution in [3.05, 3.63) is 29.8 Å². The van der Waals surface area contributed by atoms with E-state index in [9.17, 15) is 4.79 Å². The third-order valence-electron chi connectivity index (χ3n) is 2.09. The highest BCUT2D eigenvalue weighted by Crippen LogP contribution is 2.17. The van der Waals surface area contributed by atoms with Crippen LogP contribution in [0.25, 0.3) is 0 Å². The highest BCUT2D eigenvalue weighted by atomic mass is 16.6. The molecule has 0 aromatic heterocycles. The van der Waals surface area contributed by atoms with Crippen molar-refractivity contribution < 1.29 is 9.53 Å². The Bertz CT molecular complexity index is 363.